The second-order valence-electron chi connectivity index (χ2n) is 5.51. The molecule has 1 aromatic carbocycles. The van der Waals surface area contributed by atoms with Crippen LogP contribution in [-0.2, 0) is 0 Å². The Bertz CT molecular complexity index is 354. The SMILES string of the molecule is Cc1ccccc1C(N)CCN1CCCCCC1. The number of nitrogens with zero attached hydrogens (tertiary/aromatic N) is 1. The Balaban J connectivity index is 1.84. The third-order valence-corrected chi connectivity index (χ3v) is 4.04. The minimum atomic E-state index is 0.189. The van der Waals surface area contributed by atoms with Crippen molar-refractivity contribution in [3.05, 3.63) is 35.4 Å². The van der Waals surface area contributed by atoms with Crippen LogP contribution in [-0.4, -0.2) is 24.5 Å². The van der Waals surface area contributed by atoms with Crippen LogP contribution in [0.5, 0.6) is 0 Å². The molecule has 1 aliphatic heterocycles. The van der Waals surface area contributed by atoms with Crippen LogP contribution in [0.3, 0.4) is 0 Å². The van der Waals surface area contributed by atoms with E-state index < -0.39 is 0 Å². The summed E-state index contributed by atoms with van der Waals surface area (Å²) in [6, 6.07) is 8.69. The molecule has 0 bridgehead atoms. The molecule has 1 unspecified atom stereocenters. The summed E-state index contributed by atoms with van der Waals surface area (Å²) in [7, 11) is 0. The van der Waals surface area contributed by atoms with E-state index in [1.807, 2.05) is 0 Å². The molecule has 2 nitrogen and oxygen atoms in total. The van der Waals surface area contributed by atoms with Crippen molar-refractivity contribution in [1.82, 2.24) is 4.90 Å². The molecule has 2 rings (SSSR count). The van der Waals surface area contributed by atoms with Crippen LogP contribution in [0.2, 0.25) is 0 Å². The molecule has 1 aromatic rings. The molecule has 2 N–H and O–H groups in total. The maximum absolute atomic E-state index is 6.33. The van der Waals surface area contributed by atoms with E-state index in [1.54, 1.807) is 0 Å². The van der Waals surface area contributed by atoms with Crippen molar-refractivity contribution in [3.63, 3.8) is 0 Å². The highest BCUT2D eigenvalue weighted by Gasteiger charge is 2.12. The van der Waals surface area contributed by atoms with Gasteiger partial charge in [-0.05, 0) is 56.9 Å². The van der Waals surface area contributed by atoms with E-state index in [4.69, 9.17) is 5.73 Å². The molecular weight excluding hydrogens is 220 g/mol. The zero-order chi connectivity index (χ0) is 12.8. The minimum Gasteiger partial charge on any atom is -0.324 e. The number of likely N-dealkylation sites (tertiary alicyclic amines) is 1. The van der Waals surface area contributed by atoms with Crippen LogP contribution in [0.1, 0.15) is 49.3 Å². The summed E-state index contributed by atoms with van der Waals surface area (Å²) < 4.78 is 0. The highest BCUT2D eigenvalue weighted by Crippen LogP contribution is 2.19. The summed E-state index contributed by atoms with van der Waals surface area (Å²) in [6.07, 6.45) is 6.60. The smallest absolute Gasteiger partial charge is 0.0309 e. The molecule has 2 heteroatoms. The minimum absolute atomic E-state index is 0.189. The average Bonchev–Trinajstić information content (AvgIpc) is 2.65. The van der Waals surface area contributed by atoms with Gasteiger partial charge in [0.15, 0.2) is 0 Å². The third-order valence-electron chi connectivity index (χ3n) is 4.04. The monoisotopic (exact) mass is 246 g/mol. The highest BCUT2D eigenvalue weighted by atomic mass is 15.1. The molecule has 18 heavy (non-hydrogen) atoms. The van der Waals surface area contributed by atoms with Gasteiger partial charge in [0.25, 0.3) is 0 Å². The Kier molecular flexibility index (Phi) is 5.21. The Labute approximate surface area is 111 Å². The van der Waals surface area contributed by atoms with E-state index in [2.05, 4.69) is 36.1 Å². The van der Waals surface area contributed by atoms with E-state index in [-0.39, 0.29) is 6.04 Å². The molecule has 0 aliphatic carbocycles. The van der Waals surface area contributed by atoms with E-state index >= 15 is 0 Å². The van der Waals surface area contributed by atoms with Gasteiger partial charge >= 0.3 is 0 Å². The molecular formula is C16H26N2. The summed E-state index contributed by atoms with van der Waals surface area (Å²) >= 11 is 0. The molecule has 0 aromatic heterocycles. The molecule has 0 amide bonds. The zero-order valence-corrected chi connectivity index (χ0v) is 11.6. The highest BCUT2D eigenvalue weighted by molar-refractivity contribution is 5.28. The lowest BCUT2D eigenvalue weighted by molar-refractivity contribution is 0.273. The summed E-state index contributed by atoms with van der Waals surface area (Å²) in [5.41, 5.74) is 8.96. The number of nitrogens with two attached hydrogens (primary N) is 1. The standard InChI is InChI=1S/C16H26N2/c1-14-8-4-5-9-15(14)16(17)10-13-18-11-6-2-3-7-12-18/h4-5,8-9,16H,2-3,6-7,10-13,17H2,1H3. The molecule has 1 heterocycles. The van der Waals surface area contributed by atoms with E-state index in [0.29, 0.717) is 0 Å². The van der Waals surface area contributed by atoms with Crippen LogP contribution in [0.25, 0.3) is 0 Å². The van der Waals surface area contributed by atoms with Crippen molar-refractivity contribution in [2.45, 2.75) is 45.1 Å². The predicted molar refractivity (Wildman–Crippen MR) is 77.6 cm³/mol. The van der Waals surface area contributed by atoms with Gasteiger partial charge in [-0.2, -0.15) is 0 Å². The van der Waals surface area contributed by atoms with Gasteiger partial charge in [0.2, 0.25) is 0 Å². The molecule has 1 saturated heterocycles. The van der Waals surface area contributed by atoms with Gasteiger partial charge in [0, 0.05) is 6.04 Å². The second-order valence-corrected chi connectivity index (χ2v) is 5.51. The fraction of sp³-hybridized carbons (Fsp3) is 0.625. The Hall–Kier alpha value is -0.860. The molecule has 100 valence electrons. The van der Waals surface area contributed by atoms with Gasteiger partial charge in [0.1, 0.15) is 0 Å². The first-order valence-corrected chi connectivity index (χ1v) is 7.31. The van der Waals surface area contributed by atoms with Crippen LogP contribution in [0.4, 0.5) is 0 Å². The van der Waals surface area contributed by atoms with Crippen LogP contribution in [0.15, 0.2) is 24.3 Å². The Morgan fingerprint density at radius 3 is 2.44 bits per heavy atom. The molecule has 0 saturated carbocycles. The van der Waals surface area contributed by atoms with E-state index in [0.717, 1.165) is 13.0 Å². The number of aryl methyl sites for hydroxylation is 1. The largest absolute Gasteiger partial charge is 0.324 e. The number of rotatable bonds is 4. The maximum atomic E-state index is 6.33. The molecule has 1 fully saturated rings. The van der Waals surface area contributed by atoms with Gasteiger partial charge in [-0.15, -0.1) is 0 Å². The first kappa shape index (κ1) is 13.6. The fourth-order valence-corrected chi connectivity index (χ4v) is 2.84. The first-order valence-electron chi connectivity index (χ1n) is 7.31. The van der Waals surface area contributed by atoms with Gasteiger partial charge in [-0.3, -0.25) is 0 Å². The zero-order valence-electron chi connectivity index (χ0n) is 11.6. The Morgan fingerprint density at radius 1 is 1.11 bits per heavy atom. The van der Waals surface area contributed by atoms with Crippen molar-refractivity contribution in [3.8, 4) is 0 Å². The van der Waals surface area contributed by atoms with Crippen LogP contribution < -0.4 is 5.73 Å². The average molecular weight is 246 g/mol. The summed E-state index contributed by atoms with van der Waals surface area (Å²) in [5.74, 6) is 0. The van der Waals surface area contributed by atoms with Crippen LogP contribution in [0, 0.1) is 6.92 Å². The van der Waals surface area contributed by atoms with Gasteiger partial charge < -0.3 is 10.6 Å². The lowest BCUT2D eigenvalue weighted by Gasteiger charge is -2.22. The van der Waals surface area contributed by atoms with Crippen molar-refractivity contribution < 1.29 is 0 Å². The van der Waals surface area contributed by atoms with Crippen molar-refractivity contribution in [1.29, 1.82) is 0 Å². The molecule has 1 atom stereocenters. The van der Waals surface area contributed by atoms with E-state index in [9.17, 15) is 0 Å². The van der Waals surface area contributed by atoms with Gasteiger partial charge in [0.05, 0.1) is 0 Å². The van der Waals surface area contributed by atoms with Gasteiger partial charge in [-0.25, -0.2) is 0 Å². The first-order chi connectivity index (χ1) is 8.77. The molecule has 0 radical (unpaired) electrons. The summed E-state index contributed by atoms with van der Waals surface area (Å²) in [5, 5.41) is 0. The fourth-order valence-electron chi connectivity index (χ4n) is 2.84. The molecule has 1 aliphatic rings. The third kappa shape index (κ3) is 3.82. The number of hydrogen-bond acceptors (Lipinski definition) is 2. The number of hydrogen-bond donors (Lipinski definition) is 1. The van der Waals surface area contributed by atoms with Crippen molar-refractivity contribution >= 4 is 0 Å². The maximum Gasteiger partial charge on any atom is 0.0309 e. The lowest BCUT2D eigenvalue weighted by atomic mass is 9.99. The quantitative estimate of drug-likeness (QED) is 0.883. The number of benzene rings is 1. The van der Waals surface area contributed by atoms with Crippen LogP contribution >= 0.6 is 0 Å². The second kappa shape index (κ2) is 6.91. The molecule has 0 spiro atoms. The summed E-state index contributed by atoms with van der Waals surface area (Å²) in [6.45, 7) is 5.83. The predicted octanol–water partition coefficient (Wildman–Crippen LogP) is 3.26. The topological polar surface area (TPSA) is 29.3 Å². The van der Waals surface area contributed by atoms with Crippen molar-refractivity contribution in [2.75, 3.05) is 19.6 Å². The summed E-state index contributed by atoms with van der Waals surface area (Å²) in [4.78, 5) is 2.59. The normalized spacial score (nSPS) is 19.4. The van der Waals surface area contributed by atoms with Crippen molar-refractivity contribution in [2.24, 2.45) is 5.73 Å². The van der Waals surface area contributed by atoms with Gasteiger partial charge in [-0.1, -0.05) is 37.1 Å². The van der Waals surface area contributed by atoms with E-state index in [1.165, 1.54) is 49.9 Å². The lowest BCUT2D eigenvalue weighted by Crippen LogP contribution is -2.28. The Morgan fingerprint density at radius 2 is 1.78 bits per heavy atom.